The zero-order chi connectivity index (χ0) is 13.1. The summed E-state index contributed by atoms with van der Waals surface area (Å²) in [6.07, 6.45) is 0.181. The number of piperazine rings is 1. The van der Waals surface area contributed by atoms with E-state index in [2.05, 4.69) is 42.3 Å². The summed E-state index contributed by atoms with van der Waals surface area (Å²) in [7, 11) is 0. The van der Waals surface area contributed by atoms with Crippen molar-refractivity contribution in [2.75, 3.05) is 24.5 Å². The number of anilines is 1. The van der Waals surface area contributed by atoms with E-state index in [0.29, 0.717) is 0 Å². The monoisotopic (exact) mass is 248 g/mol. The Hall–Kier alpha value is -1.55. The fourth-order valence-electron chi connectivity index (χ4n) is 2.60. The fraction of sp³-hybridized carbons (Fsp3) is 0.500. The van der Waals surface area contributed by atoms with Crippen LogP contribution < -0.4 is 10.2 Å². The molecule has 2 N–H and O–H groups in total. The summed E-state index contributed by atoms with van der Waals surface area (Å²) in [5, 5.41) is 12.2. The lowest BCUT2D eigenvalue weighted by Crippen LogP contribution is -2.52. The standard InChI is InChI=1S/C14H20N2O2/c1-10-5-11(2)7-12(6-10)16-4-3-15-9-13(16)8-14(17)18/h5-7,13,15H,3-4,8-9H2,1-2H3,(H,17,18). The quantitative estimate of drug-likeness (QED) is 0.852. The van der Waals surface area contributed by atoms with Crippen molar-refractivity contribution in [1.29, 1.82) is 0 Å². The average molecular weight is 248 g/mol. The molecule has 0 amide bonds. The van der Waals surface area contributed by atoms with E-state index in [1.165, 1.54) is 11.1 Å². The number of rotatable bonds is 3. The molecule has 0 aliphatic carbocycles. The smallest absolute Gasteiger partial charge is 0.305 e. The Bertz CT molecular complexity index is 425. The van der Waals surface area contributed by atoms with E-state index in [1.807, 2.05) is 0 Å². The molecule has 4 nitrogen and oxygen atoms in total. The van der Waals surface area contributed by atoms with Gasteiger partial charge in [-0.15, -0.1) is 0 Å². The van der Waals surface area contributed by atoms with Gasteiger partial charge in [0.25, 0.3) is 0 Å². The molecule has 0 aromatic heterocycles. The van der Waals surface area contributed by atoms with Crippen molar-refractivity contribution in [2.45, 2.75) is 26.3 Å². The van der Waals surface area contributed by atoms with E-state index in [-0.39, 0.29) is 12.5 Å². The number of hydrogen-bond acceptors (Lipinski definition) is 3. The predicted octanol–water partition coefficient (Wildman–Crippen LogP) is 1.56. The third-order valence-electron chi connectivity index (χ3n) is 3.30. The molecule has 0 spiro atoms. The number of nitrogens with zero attached hydrogens (tertiary/aromatic N) is 1. The molecule has 1 aromatic carbocycles. The minimum absolute atomic E-state index is 0.0393. The van der Waals surface area contributed by atoms with E-state index in [9.17, 15) is 4.79 Å². The van der Waals surface area contributed by atoms with Gasteiger partial charge in [-0.05, 0) is 37.1 Å². The molecule has 1 aliphatic heterocycles. The zero-order valence-electron chi connectivity index (χ0n) is 10.9. The summed E-state index contributed by atoms with van der Waals surface area (Å²) in [5.74, 6) is -0.738. The first-order chi connectivity index (χ1) is 8.56. The number of nitrogens with one attached hydrogen (secondary N) is 1. The summed E-state index contributed by atoms with van der Waals surface area (Å²) in [6.45, 7) is 6.65. The Morgan fingerprint density at radius 2 is 2.06 bits per heavy atom. The van der Waals surface area contributed by atoms with Gasteiger partial charge in [0.05, 0.1) is 12.5 Å². The van der Waals surface area contributed by atoms with Gasteiger partial charge < -0.3 is 15.3 Å². The number of benzene rings is 1. The molecule has 4 heteroatoms. The van der Waals surface area contributed by atoms with Crippen LogP contribution in [0.15, 0.2) is 18.2 Å². The molecule has 2 rings (SSSR count). The lowest BCUT2D eigenvalue weighted by molar-refractivity contribution is -0.137. The number of hydrogen-bond donors (Lipinski definition) is 2. The molecule has 1 saturated heterocycles. The summed E-state index contributed by atoms with van der Waals surface area (Å²) in [5.41, 5.74) is 3.58. The molecule has 0 saturated carbocycles. The maximum Gasteiger partial charge on any atom is 0.305 e. The van der Waals surface area contributed by atoms with Crippen LogP contribution in [0.25, 0.3) is 0 Å². The molecule has 1 aromatic rings. The summed E-state index contributed by atoms with van der Waals surface area (Å²) in [6, 6.07) is 6.44. The van der Waals surface area contributed by atoms with Crippen molar-refractivity contribution in [3.05, 3.63) is 29.3 Å². The second kappa shape index (κ2) is 5.40. The van der Waals surface area contributed by atoms with E-state index in [0.717, 1.165) is 25.3 Å². The third-order valence-corrected chi connectivity index (χ3v) is 3.30. The van der Waals surface area contributed by atoms with Crippen molar-refractivity contribution >= 4 is 11.7 Å². The van der Waals surface area contributed by atoms with Gasteiger partial charge in [-0.3, -0.25) is 4.79 Å². The highest BCUT2D eigenvalue weighted by Gasteiger charge is 2.24. The van der Waals surface area contributed by atoms with Crippen molar-refractivity contribution in [3.63, 3.8) is 0 Å². The number of carbonyl (C=O) groups is 1. The van der Waals surface area contributed by atoms with Gasteiger partial charge in [0.2, 0.25) is 0 Å². The van der Waals surface area contributed by atoms with Crippen LogP contribution in [0.1, 0.15) is 17.5 Å². The van der Waals surface area contributed by atoms with Crippen molar-refractivity contribution in [1.82, 2.24) is 5.32 Å². The van der Waals surface area contributed by atoms with Crippen LogP contribution in [-0.2, 0) is 4.79 Å². The van der Waals surface area contributed by atoms with Crippen molar-refractivity contribution in [2.24, 2.45) is 0 Å². The second-order valence-electron chi connectivity index (χ2n) is 5.00. The molecule has 18 heavy (non-hydrogen) atoms. The highest BCUT2D eigenvalue weighted by Crippen LogP contribution is 2.23. The molecular formula is C14H20N2O2. The van der Waals surface area contributed by atoms with Gasteiger partial charge in [0, 0.05) is 25.3 Å². The Labute approximate surface area is 108 Å². The van der Waals surface area contributed by atoms with Crippen molar-refractivity contribution < 1.29 is 9.90 Å². The lowest BCUT2D eigenvalue weighted by Gasteiger charge is -2.37. The largest absolute Gasteiger partial charge is 0.481 e. The number of aryl methyl sites for hydroxylation is 2. The van der Waals surface area contributed by atoms with E-state index in [1.54, 1.807) is 0 Å². The molecule has 98 valence electrons. The van der Waals surface area contributed by atoms with Gasteiger partial charge in [0.1, 0.15) is 0 Å². The second-order valence-corrected chi connectivity index (χ2v) is 5.00. The molecule has 1 heterocycles. The van der Waals surface area contributed by atoms with Crippen molar-refractivity contribution in [3.8, 4) is 0 Å². The highest BCUT2D eigenvalue weighted by molar-refractivity contribution is 5.69. The minimum atomic E-state index is -0.738. The fourth-order valence-corrected chi connectivity index (χ4v) is 2.60. The zero-order valence-corrected chi connectivity index (χ0v) is 10.9. The van der Waals surface area contributed by atoms with Gasteiger partial charge in [-0.2, -0.15) is 0 Å². The van der Waals surface area contributed by atoms with Crippen LogP contribution in [0.2, 0.25) is 0 Å². The summed E-state index contributed by atoms with van der Waals surface area (Å²) < 4.78 is 0. The molecule has 1 fully saturated rings. The van der Waals surface area contributed by atoms with E-state index >= 15 is 0 Å². The maximum absolute atomic E-state index is 10.9. The topological polar surface area (TPSA) is 52.6 Å². The van der Waals surface area contributed by atoms with Crippen LogP contribution in [0.5, 0.6) is 0 Å². The van der Waals surface area contributed by atoms with Crippen LogP contribution in [0.4, 0.5) is 5.69 Å². The highest BCUT2D eigenvalue weighted by atomic mass is 16.4. The minimum Gasteiger partial charge on any atom is -0.481 e. The summed E-state index contributed by atoms with van der Waals surface area (Å²) >= 11 is 0. The molecule has 1 unspecified atom stereocenters. The van der Waals surface area contributed by atoms with E-state index in [4.69, 9.17) is 5.11 Å². The first kappa shape index (κ1) is 12.9. The number of carboxylic acid groups (broad SMARTS) is 1. The Balaban J connectivity index is 2.24. The normalized spacial score (nSPS) is 19.9. The lowest BCUT2D eigenvalue weighted by atomic mass is 10.1. The molecule has 1 aliphatic rings. The Kier molecular flexibility index (Phi) is 3.87. The van der Waals surface area contributed by atoms with Crippen LogP contribution in [0, 0.1) is 13.8 Å². The number of aliphatic carboxylic acids is 1. The maximum atomic E-state index is 10.9. The predicted molar refractivity (Wildman–Crippen MR) is 72.2 cm³/mol. The first-order valence-electron chi connectivity index (χ1n) is 6.33. The van der Waals surface area contributed by atoms with Crippen LogP contribution in [0.3, 0.4) is 0 Å². The van der Waals surface area contributed by atoms with Gasteiger partial charge in [-0.1, -0.05) is 6.07 Å². The SMILES string of the molecule is Cc1cc(C)cc(N2CCNCC2CC(=O)O)c1. The molecule has 1 atom stereocenters. The Morgan fingerprint density at radius 1 is 1.39 bits per heavy atom. The molecule has 0 bridgehead atoms. The van der Waals surface area contributed by atoms with Crippen LogP contribution >= 0.6 is 0 Å². The molecule has 0 radical (unpaired) electrons. The van der Waals surface area contributed by atoms with Gasteiger partial charge >= 0.3 is 5.97 Å². The Morgan fingerprint density at radius 3 is 2.67 bits per heavy atom. The van der Waals surface area contributed by atoms with E-state index < -0.39 is 5.97 Å². The summed E-state index contributed by atoms with van der Waals surface area (Å²) in [4.78, 5) is 13.1. The number of carboxylic acids is 1. The van der Waals surface area contributed by atoms with Gasteiger partial charge in [0.15, 0.2) is 0 Å². The van der Waals surface area contributed by atoms with Gasteiger partial charge in [-0.25, -0.2) is 0 Å². The first-order valence-corrected chi connectivity index (χ1v) is 6.33. The third kappa shape index (κ3) is 3.01. The average Bonchev–Trinajstić information content (AvgIpc) is 2.27. The molecular weight excluding hydrogens is 228 g/mol. The van der Waals surface area contributed by atoms with Crippen LogP contribution in [-0.4, -0.2) is 36.8 Å².